The highest BCUT2D eigenvalue weighted by atomic mass is 32.1. The summed E-state index contributed by atoms with van der Waals surface area (Å²) in [7, 11) is 0. The minimum atomic E-state index is -0.671. The predicted octanol–water partition coefficient (Wildman–Crippen LogP) is 3.20. The topological polar surface area (TPSA) is 38.0 Å². The Morgan fingerprint density at radius 2 is 1.94 bits per heavy atom. The van der Waals surface area contributed by atoms with Gasteiger partial charge >= 0.3 is 0 Å². The van der Waals surface area contributed by atoms with E-state index in [4.69, 9.17) is 5.73 Å². The standard InChI is InChI=1S/C12H16F2N2S/c1-3-4-7(2)16-11-9(13)5-8(12(15)17)6-10(11)14/h5-7,16H,3-4H2,1-2H3,(H2,15,17). The fourth-order valence-corrected chi connectivity index (χ4v) is 1.72. The van der Waals surface area contributed by atoms with E-state index in [0.29, 0.717) is 0 Å². The first-order chi connectivity index (χ1) is 7.95. The van der Waals surface area contributed by atoms with E-state index in [0.717, 1.165) is 25.0 Å². The highest BCUT2D eigenvalue weighted by molar-refractivity contribution is 7.80. The normalized spacial score (nSPS) is 12.2. The monoisotopic (exact) mass is 258 g/mol. The van der Waals surface area contributed by atoms with Crippen LogP contribution in [-0.4, -0.2) is 11.0 Å². The van der Waals surface area contributed by atoms with Gasteiger partial charge in [0.2, 0.25) is 0 Å². The molecule has 17 heavy (non-hydrogen) atoms. The van der Waals surface area contributed by atoms with Gasteiger partial charge in [0.1, 0.15) is 22.3 Å². The number of nitrogens with two attached hydrogens (primary N) is 1. The molecule has 5 heteroatoms. The molecule has 0 aromatic heterocycles. The van der Waals surface area contributed by atoms with E-state index in [-0.39, 0.29) is 22.3 Å². The summed E-state index contributed by atoms with van der Waals surface area (Å²) in [6.45, 7) is 3.89. The van der Waals surface area contributed by atoms with Crippen molar-refractivity contribution in [1.82, 2.24) is 0 Å². The lowest BCUT2D eigenvalue weighted by atomic mass is 10.1. The molecule has 0 fully saturated rings. The van der Waals surface area contributed by atoms with E-state index in [2.05, 4.69) is 17.5 Å². The van der Waals surface area contributed by atoms with Crippen LogP contribution in [0.4, 0.5) is 14.5 Å². The van der Waals surface area contributed by atoms with Crippen LogP contribution in [-0.2, 0) is 0 Å². The van der Waals surface area contributed by atoms with Crippen LogP contribution in [0.5, 0.6) is 0 Å². The molecule has 1 unspecified atom stereocenters. The van der Waals surface area contributed by atoms with Crippen molar-refractivity contribution in [1.29, 1.82) is 0 Å². The SMILES string of the molecule is CCCC(C)Nc1c(F)cc(C(N)=S)cc1F. The molecule has 1 aromatic carbocycles. The average Bonchev–Trinajstić information content (AvgIpc) is 2.23. The number of hydrogen-bond acceptors (Lipinski definition) is 2. The first kappa shape index (κ1) is 13.8. The van der Waals surface area contributed by atoms with Gasteiger partial charge in [0.05, 0.1) is 0 Å². The highest BCUT2D eigenvalue weighted by Gasteiger charge is 2.14. The maximum absolute atomic E-state index is 13.7. The largest absolute Gasteiger partial charge is 0.389 e. The van der Waals surface area contributed by atoms with Crippen molar-refractivity contribution < 1.29 is 8.78 Å². The summed E-state index contributed by atoms with van der Waals surface area (Å²) in [5.74, 6) is -1.34. The lowest BCUT2D eigenvalue weighted by molar-refractivity contribution is 0.578. The lowest BCUT2D eigenvalue weighted by Gasteiger charge is -2.16. The Labute approximate surface area is 105 Å². The maximum Gasteiger partial charge on any atom is 0.150 e. The number of anilines is 1. The Kier molecular flexibility index (Phi) is 4.81. The van der Waals surface area contributed by atoms with Crippen molar-refractivity contribution >= 4 is 22.9 Å². The van der Waals surface area contributed by atoms with E-state index < -0.39 is 11.6 Å². The van der Waals surface area contributed by atoms with Crippen molar-refractivity contribution in [3.63, 3.8) is 0 Å². The predicted molar refractivity (Wildman–Crippen MR) is 70.2 cm³/mol. The molecule has 2 nitrogen and oxygen atoms in total. The lowest BCUT2D eigenvalue weighted by Crippen LogP contribution is -2.18. The van der Waals surface area contributed by atoms with Crippen LogP contribution in [0.3, 0.4) is 0 Å². The van der Waals surface area contributed by atoms with Gasteiger partial charge in [-0.1, -0.05) is 25.6 Å². The van der Waals surface area contributed by atoms with Crippen molar-refractivity contribution in [2.75, 3.05) is 5.32 Å². The molecular formula is C12H16F2N2S. The summed E-state index contributed by atoms with van der Waals surface area (Å²) in [5, 5.41) is 2.81. The molecule has 0 saturated heterocycles. The molecule has 0 spiro atoms. The summed E-state index contributed by atoms with van der Waals surface area (Å²) in [5.41, 5.74) is 5.41. The Morgan fingerprint density at radius 3 is 2.35 bits per heavy atom. The first-order valence-electron chi connectivity index (χ1n) is 5.51. The van der Waals surface area contributed by atoms with Gasteiger partial charge in [0.25, 0.3) is 0 Å². The third kappa shape index (κ3) is 3.63. The third-order valence-corrected chi connectivity index (χ3v) is 2.67. The Hall–Kier alpha value is -1.23. The number of rotatable bonds is 5. The van der Waals surface area contributed by atoms with Crippen molar-refractivity contribution in [2.24, 2.45) is 5.73 Å². The molecule has 94 valence electrons. The van der Waals surface area contributed by atoms with Gasteiger partial charge in [-0.05, 0) is 25.5 Å². The van der Waals surface area contributed by atoms with Crippen LogP contribution in [0, 0.1) is 11.6 Å². The number of hydrogen-bond donors (Lipinski definition) is 2. The molecule has 3 N–H and O–H groups in total. The maximum atomic E-state index is 13.7. The summed E-state index contributed by atoms with van der Waals surface area (Å²) in [6, 6.07) is 2.30. The Balaban J connectivity index is 2.97. The van der Waals surface area contributed by atoms with Gasteiger partial charge in [-0.25, -0.2) is 8.78 Å². The summed E-state index contributed by atoms with van der Waals surface area (Å²) in [4.78, 5) is -0.0176. The Bertz CT molecular complexity index is 398. The second-order valence-electron chi connectivity index (χ2n) is 4.01. The molecule has 0 radical (unpaired) electrons. The van der Waals surface area contributed by atoms with E-state index >= 15 is 0 Å². The van der Waals surface area contributed by atoms with Gasteiger partial charge < -0.3 is 11.1 Å². The van der Waals surface area contributed by atoms with Crippen LogP contribution in [0.15, 0.2) is 12.1 Å². The fourth-order valence-electron chi connectivity index (χ4n) is 1.60. The van der Waals surface area contributed by atoms with Crippen LogP contribution in [0.1, 0.15) is 32.3 Å². The smallest absolute Gasteiger partial charge is 0.150 e. The number of nitrogens with one attached hydrogen (secondary N) is 1. The number of benzene rings is 1. The van der Waals surface area contributed by atoms with Crippen molar-refractivity contribution in [3.8, 4) is 0 Å². The minimum absolute atomic E-state index is 0.0136. The molecular weight excluding hydrogens is 242 g/mol. The zero-order valence-corrected chi connectivity index (χ0v) is 10.7. The van der Waals surface area contributed by atoms with Crippen molar-refractivity contribution in [3.05, 3.63) is 29.3 Å². The van der Waals surface area contributed by atoms with Gasteiger partial charge in [-0.15, -0.1) is 0 Å². The van der Waals surface area contributed by atoms with E-state index in [1.807, 2.05) is 13.8 Å². The molecule has 1 atom stereocenters. The second-order valence-corrected chi connectivity index (χ2v) is 4.45. The molecule has 0 aliphatic rings. The number of thiocarbonyl (C=S) groups is 1. The molecule has 0 bridgehead atoms. The van der Waals surface area contributed by atoms with E-state index in [1.165, 1.54) is 0 Å². The molecule has 1 aromatic rings. The highest BCUT2D eigenvalue weighted by Crippen LogP contribution is 2.22. The number of halogens is 2. The van der Waals surface area contributed by atoms with Crippen molar-refractivity contribution in [2.45, 2.75) is 32.7 Å². The average molecular weight is 258 g/mol. The van der Waals surface area contributed by atoms with Gasteiger partial charge in [0.15, 0.2) is 0 Å². The van der Waals surface area contributed by atoms with Crippen LogP contribution < -0.4 is 11.1 Å². The second kappa shape index (κ2) is 5.91. The van der Waals surface area contributed by atoms with Gasteiger partial charge in [-0.3, -0.25) is 0 Å². The quantitative estimate of drug-likeness (QED) is 0.796. The van der Waals surface area contributed by atoms with E-state index in [9.17, 15) is 8.78 Å². The summed E-state index contributed by atoms with van der Waals surface area (Å²) >= 11 is 4.68. The molecule has 0 aliphatic carbocycles. The van der Waals surface area contributed by atoms with Crippen LogP contribution in [0.25, 0.3) is 0 Å². The summed E-state index contributed by atoms with van der Waals surface area (Å²) in [6.07, 6.45) is 1.79. The van der Waals surface area contributed by atoms with E-state index in [1.54, 1.807) is 0 Å². The first-order valence-corrected chi connectivity index (χ1v) is 5.92. The molecule has 0 amide bonds. The Morgan fingerprint density at radius 1 is 1.41 bits per heavy atom. The third-order valence-electron chi connectivity index (χ3n) is 2.44. The zero-order valence-electron chi connectivity index (χ0n) is 9.89. The molecule has 0 aliphatic heterocycles. The molecule has 1 rings (SSSR count). The van der Waals surface area contributed by atoms with Gasteiger partial charge in [-0.2, -0.15) is 0 Å². The van der Waals surface area contributed by atoms with Crippen LogP contribution >= 0.6 is 12.2 Å². The summed E-state index contributed by atoms with van der Waals surface area (Å²) < 4.78 is 27.3. The van der Waals surface area contributed by atoms with Crippen LogP contribution in [0.2, 0.25) is 0 Å². The fraction of sp³-hybridized carbons (Fsp3) is 0.417. The van der Waals surface area contributed by atoms with Gasteiger partial charge in [0, 0.05) is 11.6 Å². The molecule has 0 saturated carbocycles. The zero-order chi connectivity index (χ0) is 13.0. The minimum Gasteiger partial charge on any atom is -0.389 e. The molecule has 0 heterocycles.